The van der Waals surface area contributed by atoms with Crippen molar-refractivity contribution < 1.29 is 9.53 Å². The number of ether oxygens (including phenoxy) is 1. The SMILES string of the molecule is COC(=O)c1cc(CN2CCC(C)(CN)C2)c[nH]1.Cl. The molecule has 1 aliphatic rings. The first-order valence-electron chi connectivity index (χ1n) is 6.24. The van der Waals surface area contributed by atoms with E-state index in [2.05, 4.69) is 21.5 Å². The highest BCUT2D eigenvalue weighted by Crippen LogP contribution is 2.29. The standard InChI is InChI=1S/C13H21N3O2.ClH/c1-13(8-14)3-4-16(9-13)7-10-5-11(15-6-10)12(17)18-2;/h5-6,15H,3-4,7-9,14H2,1-2H3;1H. The fourth-order valence-electron chi connectivity index (χ4n) is 2.44. The monoisotopic (exact) mass is 287 g/mol. The van der Waals surface area contributed by atoms with Crippen LogP contribution >= 0.6 is 12.4 Å². The molecule has 0 aliphatic carbocycles. The number of carbonyl (C=O) groups is 1. The summed E-state index contributed by atoms with van der Waals surface area (Å²) in [7, 11) is 1.38. The predicted octanol–water partition coefficient (Wildman–Crippen LogP) is 1.39. The summed E-state index contributed by atoms with van der Waals surface area (Å²) < 4.78 is 4.67. The number of nitrogens with one attached hydrogen (secondary N) is 1. The second-order valence-corrected chi connectivity index (χ2v) is 5.39. The number of rotatable bonds is 4. The third-order valence-electron chi connectivity index (χ3n) is 3.68. The van der Waals surface area contributed by atoms with Crippen molar-refractivity contribution in [2.45, 2.75) is 19.9 Å². The molecule has 5 nitrogen and oxygen atoms in total. The van der Waals surface area contributed by atoms with Crippen molar-refractivity contribution in [3.05, 3.63) is 23.5 Å². The van der Waals surface area contributed by atoms with Crippen LogP contribution in [0.2, 0.25) is 0 Å². The molecule has 2 rings (SSSR count). The van der Waals surface area contributed by atoms with Crippen molar-refractivity contribution in [1.82, 2.24) is 9.88 Å². The van der Waals surface area contributed by atoms with Gasteiger partial charge in [0.1, 0.15) is 5.69 Å². The van der Waals surface area contributed by atoms with Gasteiger partial charge in [-0.2, -0.15) is 0 Å². The number of hydrogen-bond acceptors (Lipinski definition) is 4. The molecule has 0 amide bonds. The lowest BCUT2D eigenvalue weighted by Crippen LogP contribution is -2.31. The zero-order valence-corrected chi connectivity index (χ0v) is 12.3. The van der Waals surface area contributed by atoms with Gasteiger partial charge in [0.15, 0.2) is 0 Å². The van der Waals surface area contributed by atoms with Gasteiger partial charge in [0.2, 0.25) is 0 Å². The molecule has 0 saturated carbocycles. The number of methoxy groups -OCH3 is 1. The molecule has 2 heterocycles. The Labute approximate surface area is 119 Å². The number of nitrogens with two attached hydrogens (primary N) is 1. The Morgan fingerprint density at radius 1 is 1.63 bits per heavy atom. The molecular weight excluding hydrogens is 266 g/mol. The molecule has 1 aromatic rings. The molecule has 1 atom stereocenters. The van der Waals surface area contributed by atoms with Crippen LogP contribution in [0.4, 0.5) is 0 Å². The van der Waals surface area contributed by atoms with Crippen molar-refractivity contribution >= 4 is 18.4 Å². The van der Waals surface area contributed by atoms with E-state index in [-0.39, 0.29) is 23.8 Å². The van der Waals surface area contributed by atoms with Crippen molar-refractivity contribution in [3.63, 3.8) is 0 Å². The van der Waals surface area contributed by atoms with Gasteiger partial charge in [0.25, 0.3) is 0 Å². The van der Waals surface area contributed by atoms with Crippen LogP contribution in [-0.4, -0.2) is 42.6 Å². The molecule has 1 saturated heterocycles. The Morgan fingerprint density at radius 2 is 2.37 bits per heavy atom. The van der Waals surface area contributed by atoms with Crippen LogP contribution in [0, 0.1) is 5.41 Å². The normalized spacial score (nSPS) is 23.1. The number of nitrogens with zero attached hydrogens (tertiary/aromatic N) is 1. The van der Waals surface area contributed by atoms with Gasteiger partial charge < -0.3 is 15.5 Å². The van der Waals surface area contributed by atoms with Crippen molar-refractivity contribution in [2.24, 2.45) is 11.1 Å². The summed E-state index contributed by atoms with van der Waals surface area (Å²) in [5.41, 5.74) is 7.64. The van der Waals surface area contributed by atoms with Crippen LogP contribution in [0.3, 0.4) is 0 Å². The van der Waals surface area contributed by atoms with Crippen molar-refractivity contribution in [3.8, 4) is 0 Å². The van der Waals surface area contributed by atoms with Crippen LogP contribution in [0.15, 0.2) is 12.3 Å². The molecule has 1 aliphatic heterocycles. The lowest BCUT2D eigenvalue weighted by atomic mass is 9.90. The third-order valence-corrected chi connectivity index (χ3v) is 3.68. The van der Waals surface area contributed by atoms with Crippen LogP contribution < -0.4 is 5.73 Å². The van der Waals surface area contributed by atoms with E-state index >= 15 is 0 Å². The number of carbonyl (C=O) groups excluding carboxylic acids is 1. The number of hydrogen-bond donors (Lipinski definition) is 2. The first-order chi connectivity index (χ1) is 8.56. The zero-order valence-electron chi connectivity index (χ0n) is 11.4. The van der Waals surface area contributed by atoms with Gasteiger partial charge in [-0.05, 0) is 36.6 Å². The molecule has 1 unspecified atom stereocenters. The third kappa shape index (κ3) is 3.72. The van der Waals surface area contributed by atoms with Crippen LogP contribution in [0.1, 0.15) is 29.4 Å². The van der Waals surface area contributed by atoms with E-state index in [0.29, 0.717) is 5.69 Å². The van der Waals surface area contributed by atoms with Crippen LogP contribution in [0.5, 0.6) is 0 Å². The molecule has 19 heavy (non-hydrogen) atoms. The van der Waals surface area contributed by atoms with Gasteiger partial charge in [-0.15, -0.1) is 12.4 Å². The maximum Gasteiger partial charge on any atom is 0.354 e. The number of aromatic amines is 1. The molecule has 6 heteroatoms. The first-order valence-corrected chi connectivity index (χ1v) is 6.24. The second kappa shape index (κ2) is 6.41. The number of halogens is 1. The molecular formula is C13H22ClN3O2. The molecule has 1 fully saturated rings. The summed E-state index contributed by atoms with van der Waals surface area (Å²) in [4.78, 5) is 16.6. The maximum atomic E-state index is 11.3. The summed E-state index contributed by atoms with van der Waals surface area (Å²) in [5, 5.41) is 0. The lowest BCUT2D eigenvalue weighted by molar-refractivity contribution is 0.0595. The Kier molecular flexibility index (Phi) is 5.40. The largest absolute Gasteiger partial charge is 0.464 e. The Morgan fingerprint density at radius 3 is 2.95 bits per heavy atom. The highest BCUT2D eigenvalue weighted by Gasteiger charge is 2.32. The Bertz CT molecular complexity index is 435. The number of aromatic nitrogens is 1. The van der Waals surface area contributed by atoms with E-state index in [4.69, 9.17) is 5.73 Å². The predicted molar refractivity (Wildman–Crippen MR) is 76.4 cm³/mol. The molecule has 1 aromatic heterocycles. The molecule has 0 aromatic carbocycles. The van der Waals surface area contributed by atoms with E-state index in [1.165, 1.54) is 7.11 Å². The average molecular weight is 288 g/mol. The fourth-order valence-corrected chi connectivity index (χ4v) is 2.44. The number of esters is 1. The lowest BCUT2D eigenvalue weighted by Gasteiger charge is -2.22. The quantitative estimate of drug-likeness (QED) is 0.821. The average Bonchev–Trinajstić information content (AvgIpc) is 2.97. The van der Waals surface area contributed by atoms with Crippen molar-refractivity contribution in [2.75, 3.05) is 26.7 Å². The molecule has 0 spiro atoms. The van der Waals surface area contributed by atoms with E-state index in [0.717, 1.165) is 38.2 Å². The summed E-state index contributed by atoms with van der Waals surface area (Å²) in [6, 6.07) is 1.85. The zero-order chi connectivity index (χ0) is 13.2. The second-order valence-electron chi connectivity index (χ2n) is 5.39. The topological polar surface area (TPSA) is 71.3 Å². The van der Waals surface area contributed by atoms with E-state index in [1.807, 2.05) is 12.3 Å². The smallest absolute Gasteiger partial charge is 0.354 e. The summed E-state index contributed by atoms with van der Waals surface area (Å²) in [6.07, 6.45) is 3.00. The van der Waals surface area contributed by atoms with Crippen molar-refractivity contribution in [1.29, 1.82) is 0 Å². The molecule has 0 bridgehead atoms. The van der Waals surface area contributed by atoms with E-state index in [1.54, 1.807) is 0 Å². The Balaban J connectivity index is 0.00000180. The van der Waals surface area contributed by atoms with Gasteiger partial charge in [0, 0.05) is 19.3 Å². The summed E-state index contributed by atoms with van der Waals surface area (Å²) in [5.74, 6) is -0.325. The first kappa shape index (κ1) is 16.0. The van der Waals surface area contributed by atoms with Gasteiger partial charge in [0.05, 0.1) is 7.11 Å². The van der Waals surface area contributed by atoms with Gasteiger partial charge in [-0.25, -0.2) is 4.79 Å². The number of likely N-dealkylation sites (tertiary alicyclic amines) is 1. The minimum Gasteiger partial charge on any atom is -0.464 e. The van der Waals surface area contributed by atoms with Gasteiger partial charge >= 0.3 is 5.97 Å². The minimum atomic E-state index is -0.325. The summed E-state index contributed by atoms with van der Waals surface area (Å²) >= 11 is 0. The molecule has 108 valence electrons. The highest BCUT2D eigenvalue weighted by atomic mass is 35.5. The Hall–Kier alpha value is -1.04. The molecule has 0 radical (unpaired) electrons. The van der Waals surface area contributed by atoms with Gasteiger partial charge in [-0.1, -0.05) is 6.92 Å². The summed E-state index contributed by atoms with van der Waals surface area (Å²) in [6.45, 7) is 5.88. The number of H-pyrrole nitrogens is 1. The minimum absolute atomic E-state index is 0. The molecule has 3 N–H and O–H groups in total. The van der Waals surface area contributed by atoms with E-state index < -0.39 is 0 Å². The van der Waals surface area contributed by atoms with E-state index in [9.17, 15) is 4.79 Å². The fraction of sp³-hybridized carbons (Fsp3) is 0.615. The maximum absolute atomic E-state index is 11.3. The van der Waals surface area contributed by atoms with Gasteiger partial charge in [-0.3, -0.25) is 4.90 Å². The van der Waals surface area contributed by atoms with Crippen LogP contribution in [-0.2, 0) is 11.3 Å². The highest BCUT2D eigenvalue weighted by molar-refractivity contribution is 5.87. The van der Waals surface area contributed by atoms with Crippen LogP contribution in [0.25, 0.3) is 0 Å².